The summed E-state index contributed by atoms with van der Waals surface area (Å²) in [6.45, 7) is 0.485. The Kier molecular flexibility index (Phi) is 6.67. The van der Waals surface area contributed by atoms with Crippen LogP contribution in [0.3, 0.4) is 0 Å². The molecule has 0 fully saturated rings. The molecule has 0 atom stereocenters. The van der Waals surface area contributed by atoms with Gasteiger partial charge in [-0.15, -0.1) is 10.2 Å². The van der Waals surface area contributed by atoms with Crippen LogP contribution in [0, 0.1) is 10.1 Å². The third-order valence-electron chi connectivity index (χ3n) is 4.22. The fraction of sp³-hybridized carbons (Fsp3) is 0.278. The average molecular weight is 449 g/mol. The van der Waals surface area contributed by atoms with Crippen LogP contribution in [0.2, 0.25) is 0 Å². The fourth-order valence-corrected chi connectivity index (χ4v) is 4.18. The molecule has 0 unspecified atom stereocenters. The number of hydrogen-bond donors (Lipinski definition) is 1. The van der Waals surface area contributed by atoms with Gasteiger partial charge in [-0.2, -0.15) is 0 Å². The first-order valence-electron chi connectivity index (χ1n) is 8.92. The number of hydrogen-bond acceptors (Lipinski definition) is 9. The third-order valence-corrected chi connectivity index (χ3v) is 6.43. The molecule has 3 aromatic rings. The van der Waals surface area contributed by atoms with Crippen molar-refractivity contribution in [3.8, 4) is 11.4 Å². The maximum Gasteiger partial charge on any atom is 0.293 e. The van der Waals surface area contributed by atoms with Crippen LogP contribution in [0.5, 0.6) is 0 Å². The molecule has 0 amide bonds. The maximum absolute atomic E-state index is 11.6. The third kappa shape index (κ3) is 5.13. The van der Waals surface area contributed by atoms with E-state index in [1.54, 1.807) is 12.4 Å². The number of rotatable bonds is 9. The number of sulfone groups is 1. The van der Waals surface area contributed by atoms with E-state index < -0.39 is 14.8 Å². The number of pyridine rings is 1. The molecule has 158 valence electrons. The van der Waals surface area contributed by atoms with Crippen molar-refractivity contribution in [3.63, 3.8) is 0 Å². The number of anilines is 1. The van der Waals surface area contributed by atoms with Gasteiger partial charge in [0.05, 0.1) is 9.82 Å². The van der Waals surface area contributed by atoms with Gasteiger partial charge in [-0.05, 0) is 30.7 Å². The molecular formula is C18H20N6O4S2. The predicted molar refractivity (Wildman–Crippen MR) is 114 cm³/mol. The summed E-state index contributed by atoms with van der Waals surface area (Å²) in [5.74, 6) is 1.45. The Labute approximate surface area is 177 Å². The summed E-state index contributed by atoms with van der Waals surface area (Å²) in [6, 6.07) is 7.61. The highest BCUT2D eigenvalue weighted by Crippen LogP contribution is 2.28. The first-order valence-corrected chi connectivity index (χ1v) is 11.8. The summed E-state index contributed by atoms with van der Waals surface area (Å²) in [4.78, 5) is 14.7. The van der Waals surface area contributed by atoms with Crippen molar-refractivity contribution in [1.82, 2.24) is 19.7 Å². The normalized spacial score (nSPS) is 11.4. The van der Waals surface area contributed by atoms with Crippen molar-refractivity contribution in [3.05, 3.63) is 52.8 Å². The summed E-state index contributed by atoms with van der Waals surface area (Å²) in [7, 11) is -1.63. The number of thioether (sulfide) groups is 1. The number of nitro groups is 1. The lowest BCUT2D eigenvalue weighted by Gasteiger charge is -2.08. The van der Waals surface area contributed by atoms with Crippen molar-refractivity contribution >= 4 is 33.0 Å². The molecule has 0 saturated carbocycles. The molecule has 0 bridgehead atoms. The van der Waals surface area contributed by atoms with E-state index >= 15 is 0 Å². The van der Waals surface area contributed by atoms with Crippen LogP contribution in [0.25, 0.3) is 11.4 Å². The zero-order valence-corrected chi connectivity index (χ0v) is 18.0. The molecule has 10 nitrogen and oxygen atoms in total. The molecule has 3 rings (SSSR count). The van der Waals surface area contributed by atoms with E-state index in [1.807, 2.05) is 23.7 Å². The van der Waals surface area contributed by atoms with Crippen LogP contribution in [-0.2, 0) is 16.9 Å². The van der Waals surface area contributed by atoms with E-state index in [-0.39, 0.29) is 16.3 Å². The molecule has 30 heavy (non-hydrogen) atoms. The van der Waals surface area contributed by atoms with Crippen LogP contribution in [0.4, 0.5) is 11.4 Å². The molecule has 12 heteroatoms. The molecule has 0 radical (unpaired) electrons. The summed E-state index contributed by atoms with van der Waals surface area (Å²) < 4.78 is 25.1. The summed E-state index contributed by atoms with van der Waals surface area (Å²) >= 11 is 1.53. The number of aromatic nitrogens is 4. The van der Waals surface area contributed by atoms with Crippen molar-refractivity contribution in [2.45, 2.75) is 16.5 Å². The molecule has 0 spiro atoms. The van der Waals surface area contributed by atoms with Gasteiger partial charge in [-0.25, -0.2) is 8.42 Å². The van der Waals surface area contributed by atoms with Gasteiger partial charge in [0, 0.05) is 49.6 Å². The zero-order chi connectivity index (χ0) is 21.7. The monoisotopic (exact) mass is 448 g/mol. The SMILES string of the molecule is Cn1c(SCCCNc2ccc(S(C)(=O)=O)cc2[N+](=O)[O-])nnc1-c1cccnc1. The molecule has 1 aromatic carbocycles. The second kappa shape index (κ2) is 9.22. The number of nitrogens with zero attached hydrogens (tertiary/aromatic N) is 5. The van der Waals surface area contributed by atoms with Gasteiger partial charge >= 0.3 is 0 Å². The number of nitrogens with one attached hydrogen (secondary N) is 1. The van der Waals surface area contributed by atoms with Gasteiger partial charge in [0.1, 0.15) is 5.69 Å². The van der Waals surface area contributed by atoms with Crippen LogP contribution in [-0.4, -0.2) is 51.6 Å². The Bertz CT molecular complexity index is 1150. The van der Waals surface area contributed by atoms with Crippen molar-refractivity contribution in [2.24, 2.45) is 7.05 Å². The number of benzene rings is 1. The fourth-order valence-electron chi connectivity index (χ4n) is 2.69. The van der Waals surface area contributed by atoms with Gasteiger partial charge < -0.3 is 9.88 Å². The van der Waals surface area contributed by atoms with E-state index in [0.717, 1.165) is 34.6 Å². The minimum Gasteiger partial charge on any atom is -0.379 e. The molecule has 0 aliphatic rings. The van der Waals surface area contributed by atoms with Crippen LogP contribution >= 0.6 is 11.8 Å². The van der Waals surface area contributed by atoms with Crippen molar-refractivity contribution in [2.75, 3.05) is 23.9 Å². The predicted octanol–water partition coefficient (Wildman–Crippen LogP) is 2.78. The molecule has 1 N–H and O–H groups in total. The van der Waals surface area contributed by atoms with Gasteiger partial charge in [-0.1, -0.05) is 11.8 Å². The standard InChI is InChI=1S/C18H20N6O4S2/c1-23-17(13-5-3-8-19-12-13)21-22-18(23)29-10-4-9-20-15-7-6-14(30(2,27)28)11-16(15)24(25)26/h3,5-8,11-12,20H,4,9-10H2,1-2H3. The Balaban J connectivity index is 1.56. The van der Waals surface area contributed by atoms with Crippen LogP contribution < -0.4 is 5.32 Å². The van der Waals surface area contributed by atoms with Gasteiger partial charge in [0.15, 0.2) is 20.8 Å². The van der Waals surface area contributed by atoms with Crippen molar-refractivity contribution < 1.29 is 13.3 Å². The Morgan fingerprint density at radius 1 is 1.27 bits per heavy atom. The summed E-state index contributed by atoms with van der Waals surface area (Å²) in [5, 5.41) is 23.4. The van der Waals surface area contributed by atoms with E-state index in [2.05, 4.69) is 20.5 Å². The largest absolute Gasteiger partial charge is 0.379 e. The molecular weight excluding hydrogens is 428 g/mol. The number of nitro benzene ring substituents is 1. The molecule has 0 aliphatic heterocycles. The lowest BCUT2D eigenvalue weighted by atomic mass is 10.2. The van der Waals surface area contributed by atoms with E-state index in [0.29, 0.717) is 13.0 Å². The Morgan fingerprint density at radius 3 is 2.73 bits per heavy atom. The van der Waals surface area contributed by atoms with E-state index in [1.165, 1.54) is 23.9 Å². The van der Waals surface area contributed by atoms with E-state index in [4.69, 9.17) is 0 Å². The Hall–Kier alpha value is -2.99. The second-order valence-electron chi connectivity index (χ2n) is 6.44. The minimum atomic E-state index is -3.51. The highest BCUT2D eigenvalue weighted by Gasteiger charge is 2.18. The maximum atomic E-state index is 11.6. The highest BCUT2D eigenvalue weighted by molar-refractivity contribution is 7.99. The minimum absolute atomic E-state index is 0.0815. The van der Waals surface area contributed by atoms with E-state index in [9.17, 15) is 18.5 Å². The second-order valence-corrected chi connectivity index (χ2v) is 9.52. The lowest BCUT2D eigenvalue weighted by molar-refractivity contribution is -0.384. The molecule has 2 heterocycles. The van der Waals surface area contributed by atoms with Crippen LogP contribution in [0.1, 0.15) is 6.42 Å². The first kappa shape index (κ1) is 21.7. The van der Waals surface area contributed by atoms with Crippen LogP contribution in [0.15, 0.2) is 52.8 Å². The Morgan fingerprint density at radius 2 is 2.07 bits per heavy atom. The topological polar surface area (TPSA) is 133 Å². The molecule has 0 saturated heterocycles. The quantitative estimate of drug-likeness (QED) is 0.227. The smallest absolute Gasteiger partial charge is 0.293 e. The lowest BCUT2D eigenvalue weighted by Crippen LogP contribution is -2.07. The van der Waals surface area contributed by atoms with Crippen molar-refractivity contribution in [1.29, 1.82) is 0 Å². The zero-order valence-electron chi connectivity index (χ0n) is 16.3. The summed E-state index contributed by atoms with van der Waals surface area (Å²) in [6.07, 6.45) is 5.15. The summed E-state index contributed by atoms with van der Waals surface area (Å²) in [5.41, 5.74) is 0.904. The van der Waals surface area contributed by atoms with Gasteiger partial charge in [0.25, 0.3) is 5.69 Å². The highest BCUT2D eigenvalue weighted by atomic mass is 32.2. The average Bonchev–Trinajstić information content (AvgIpc) is 3.08. The van der Waals surface area contributed by atoms with Gasteiger partial charge in [0.2, 0.25) is 0 Å². The first-order chi connectivity index (χ1) is 14.3. The molecule has 0 aliphatic carbocycles. The molecule has 2 aromatic heterocycles. The van der Waals surface area contributed by atoms with Gasteiger partial charge in [-0.3, -0.25) is 15.1 Å².